The topological polar surface area (TPSA) is 84.0 Å². The van der Waals surface area contributed by atoms with Crippen LogP contribution < -0.4 is 10.0 Å². The lowest BCUT2D eigenvalue weighted by Gasteiger charge is -2.07. The van der Waals surface area contributed by atoms with Crippen LogP contribution in [-0.4, -0.2) is 24.9 Å². The molecular formula is C17H18N4O2S2. The van der Waals surface area contributed by atoms with Crippen LogP contribution in [0.25, 0.3) is 11.3 Å². The molecule has 3 rings (SSSR count). The lowest BCUT2D eigenvalue weighted by atomic mass is 10.2. The van der Waals surface area contributed by atoms with Gasteiger partial charge in [0.15, 0.2) is 5.13 Å². The summed E-state index contributed by atoms with van der Waals surface area (Å²) in [4.78, 5) is 8.79. The molecule has 1 aromatic carbocycles. The average Bonchev–Trinajstić information content (AvgIpc) is 3.10. The molecule has 0 aliphatic carbocycles. The van der Waals surface area contributed by atoms with Crippen LogP contribution in [-0.2, 0) is 10.0 Å². The van der Waals surface area contributed by atoms with Gasteiger partial charge in [-0.25, -0.2) is 18.1 Å². The van der Waals surface area contributed by atoms with E-state index in [1.807, 2.05) is 24.4 Å². The molecule has 6 nitrogen and oxygen atoms in total. The highest BCUT2D eigenvalue weighted by molar-refractivity contribution is 7.89. The van der Waals surface area contributed by atoms with Crippen molar-refractivity contribution < 1.29 is 8.42 Å². The number of aromatic nitrogens is 2. The van der Waals surface area contributed by atoms with Crippen molar-refractivity contribution in [2.24, 2.45) is 0 Å². The summed E-state index contributed by atoms with van der Waals surface area (Å²) >= 11 is 1.49. The third kappa shape index (κ3) is 4.41. The van der Waals surface area contributed by atoms with Gasteiger partial charge in [-0.3, -0.25) is 4.98 Å². The maximum Gasteiger partial charge on any atom is 0.240 e. The van der Waals surface area contributed by atoms with Crippen molar-refractivity contribution in [1.29, 1.82) is 0 Å². The quantitative estimate of drug-likeness (QED) is 0.660. The van der Waals surface area contributed by atoms with Crippen LogP contribution in [0.15, 0.2) is 59.1 Å². The van der Waals surface area contributed by atoms with Gasteiger partial charge in [-0.05, 0) is 42.8 Å². The molecule has 3 aromatic rings. The number of hydrogen-bond acceptors (Lipinski definition) is 6. The Hall–Kier alpha value is -2.29. The first-order valence-corrected chi connectivity index (χ1v) is 10.2. The first-order valence-electron chi connectivity index (χ1n) is 7.81. The van der Waals surface area contributed by atoms with Gasteiger partial charge in [0.25, 0.3) is 0 Å². The molecule has 0 aliphatic heterocycles. The summed E-state index contributed by atoms with van der Waals surface area (Å²) in [5.41, 5.74) is 2.66. The van der Waals surface area contributed by atoms with Gasteiger partial charge >= 0.3 is 0 Å². The van der Waals surface area contributed by atoms with Crippen molar-refractivity contribution in [3.05, 3.63) is 54.2 Å². The highest BCUT2D eigenvalue weighted by atomic mass is 32.2. The minimum atomic E-state index is -3.44. The number of nitrogens with one attached hydrogen (secondary N) is 2. The Morgan fingerprint density at radius 2 is 1.80 bits per heavy atom. The lowest BCUT2D eigenvalue weighted by molar-refractivity contribution is 0.581. The van der Waals surface area contributed by atoms with Crippen LogP contribution in [0.5, 0.6) is 0 Å². The molecule has 0 atom stereocenters. The number of pyridine rings is 1. The van der Waals surface area contributed by atoms with Gasteiger partial charge in [-0.2, -0.15) is 0 Å². The van der Waals surface area contributed by atoms with Crippen molar-refractivity contribution in [3.8, 4) is 11.3 Å². The van der Waals surface area contributed by atoms with E-state index in [9.17, 15) is 8.42 Å². The normalized spacial score (nSPS) is 11.4. The Labute approximate surface area is 151 Å². The summed E-state index contributed by atoms with van der Waals surface area (Å²) in [6.45, 7) is 2.35. The van der Waals surface area contributed by atoms with Gasteiger partial charge in [0.1, 0.15) is 0 Å². The fraction of sp³-hybridized carbons (Fsp3) is 0.176. The molecule has 2 aromatic heterocycles. The molecule has 0 saturated heterocycles. The SMILES string of the molecule is CCCNS(=O)(=O)c1ccc(Nc2nc(-c3ccncc3)cs2)cc1. The highest BCUT2D eigenvalue weighted by Gasteiger charge is 2.12. The number of thiazole rings is 1. The van der Waals surface area contributed by atoms with Crippen molar-refractivity contribution in [2.75, 3.05) is 11.9 Å². The Kier molecular flexibility index (Phi) is 5.42. The van der Waals surface area contributed by atoms with E-state index in [0.717, 1.165) is 28.5 Å². The van der Waals surface area contributed by atoms with Crippen molar-refractivity contribution >= 4 is 32.2 Å². The summed E-state index contributed by atoms with van der Waals surface area (Å²) < 4.78 is 26.7. The zero-order valence-electron chi connectivity index (χ0n) is 13.6. The highest BCUT2D eigenvalue weighted by Crippen LogP contribution is 2.27. The number of anilines is 2. The number of rotatable bonds is 7. The molecule has 0 bridgehead atoms. The fourth-order valence-electron chi connectivity index (χ4n) is 2.15. The molecule has 2 N–H and O–H groups in total. The van der Waals surface area contributed by atoms with E-state index in [1.54, 1.807) is 36.7 Å². The smallest absolute Gasteiger partial charge is 0.240 e. The Balaban J connectivity index is 1.71. The van der Waals surface area contributed by atoms with E-state index < -0.39 is 10.0 Å². The van der Waals surface area contributed by atoms with Gasteiger partial charge in [0.2, 0.25) is 10.0 Å². The first kappa shape index (κ1) is 17.5. The van der Waals surface area contributed by atoms with Crippen molar-refractivity contribution in [1.82, 2.24) is 14.7 Å². The number of nitrogens with zero attached hydrogens (tertiary/aromatic N) is 2. The van der Waals surface area contributed by atoms with Gasteiger partial charge in [-0.15, -0.1) is 11.3 Å². The molecule has 130 valence electrons. The number of sulfonamides is 1. The lowest BCUT2D eigenvalue weighted by Crippen LogP contribution is -2.24. The van der Waals surface area contributed by atoms with Gasteiger partial charge in [-0.1, -0.05) is 6.92 Å². The van der Waals surface area contributed by atoms with Gasteiger partial charge < -0.3 is 5.32 Å². The molecule has 0 fully saturated rings. The van der Waals surface area contributed by atoms with Crippen LogP contribution >= 0.6 is 11.3 Å². The molecule has 0 spiro atoms. The van der Waals surface area contributed by atoms with E-state index in [1.165, 1.54) is 11.3 Å². The molecule has 0 saturated carbocycles. The zero-order valence-corrected chi connectivity index (χ0v) is 15.3. The molecule has 0 amide bonds. The summed E-state index contributed by atoms with van der Waals surface area (Å²) in [6, 6.07) is 10.4. The van der Waals surface area contributed by atoms with E-state index in [4.69, 9.17) is 0 Å². The Morgan fingerprint density at radius 1 is 1.08 bits per heavy atom. The van der Waals surface area contributed by atoms with Crippen molar-refractivity contribution in [3.63, 3.8) is 0 Å². The van der Waals surface area contributed by atoms with Crippen molar-refractivity contribution in [2.45, 2.75) is 18.2 Å². The second-order valence-corrected chi connectivity index (χ2v) is 7.95. The van der Waals surface area contributed by atoms with E-state index in [-0.39, 0.29) is 4.90 Å². The van der Waals surface area contributed by atoms with Crippen LogP contribution in [0, 0.1) is 0 Å². The monoisotopic (exact) mass is 374 g/mol. The predicted octanol–water partition coefficient (Wildman–Crippen LogP) is 3.64. The zero-order chi connectivity index (χ0) is 17.7. The molecule has 25 heavy (non-hydrogen) atoms. The number of hydrogen-bond donors (Lipinski definition) is 2. The number of benzene rings is 1. The average molecular weight is 374 g/mol. The van der Waals surface area contributed by atoms with E-state index in [2.05, 4.69) is 20.0 Å². The molecule has 2 heterocycles. The largest absolute Gasteiger partial charge is 0.332 e. The van der Waals surface area contributed by atoms with Gasteiger partial charge in [0, 0.05) is 35.6 Å². The second-order valence-electron chi connectivity index (χ2n) is 5.32. The predicted molar refractivity (Wildman–Crippen MR) is 101 cm³/mol. The molecule has 0 aliphatic rings. The summed E-state index contributed by atoms with van der Waals surface area (Å²) in [5, 5.41) is 5.90. The second kappa shape index (κ2) is 7.73. The minimum Gasteiger partial charge on any atom is -0.332 e. The van der Waals surface area contributed by atoms with Crippen LogP contribution in [0.4, 0.5) is 10.8 Å². The molecule has 0 unspecified atom stereocenters. The van der Waals surface area contributed by atoms with Crippen LogP contribution in [0.3, 0.4) is 0 Å². The standard InChI is InChI=1S/C17H18N4O2S2/c1-2-9-19-25(22,23)15-5-3-14(4-6-15)20-17-21-16(12-24-17)13-7-10-18-11-8-13/h3-8,10-12,19H,2,9H2,1H3,(H,20,21). The third-order valence-electron chi connectivity index (χ3n) is 3.44. The first-order chi connectivity index (χ1) is 12.1. The fourth-order valence-corrected chi connectivity index (χ4v) is 4.02. The molecule has 8 heteroatoms. The minimum absolute atomic E-state index is 0.253. The molecule has 0 radical (unpaired) electrons. The van der Waals surface area contributed by atoms with E-state index >= 15 is 0 Å². The van der Waals surface area contributed by atoms with E-state index in [0.29, 0.717) is 6.54 Å². The maximum absolute atomic E-state index is 12.1. The Morgan fingerprint density at radius 3 is 2.48 bits per heavy atom. The summed E-state index contributed by atoms with van der Waals surface area (Å²) in [7, 11) is -3.44. The van der Waals surface area contributed by atoms with Crippen LogP contribution in [0.1, 0.15) is 13.3 Å². The summed E-state index contributed by atoms with van der Waals surface area (Å²) in [6.07, 6.45) is 4.21. The van der Waals surface area contributed by atoms with Gasteiger partial charge in [0.05, 0.1) is 10.6 Å². The third-order valence-corrected chi connectivity index (χ3v) is 5.67. The van der Waals surface area contributed by atoms with Crippen LogP contribution in [0.2, 0.25) is 0 Å². The summed E-state index contributed by atoms with van der Waals surface area (Å²) in [5.74, 6) is 0. The Bertz CT molecular complexity index is 923. The maximum atomic E-state index is 12.1. The molecular weight excluding hydrogens is 356 g/mol.